The quantitative estimate of drug-likeness (QED) is 0.607. The zero-order valence-corrected chi connectivity index (χ0v) is 5.72. The van der Waals surface area contributed by atoms with Crippen molar-refractivity contribution in [1.29, 1.82) is 0 Å². The Bertz CT molecular complexity index is 255. The average Bonchev–Trinajstić information content (AvgIpc) is 2.66. The molecule has 1 heterocycles. The molecule has 2 rings (SSSR count). The maximum absolute atomic E-state index is 5.41. The van der Waals surface area contributed by atoms with Gasteiger partial charge in [-0.05, 0) is 30.7 Å². The molecule has 2 heteroatoms. The summed E-state index contributed by atoms with van der Waals surface area (Å²) in [6, 6.07) is 6.37. The van der Waals surface area contributed by atoms with Gasteiger partial charge in [0.05, 0.1) is 11.4 Å². The third-order valence-corrected chi connectivity index (χ3v) is 1.72. The highest BCUT2D eigenvalue weighted by Gasteiger charge is 2.13. The van der Waals surface area contributed by atoms with Crippen LogP contribution < -0.4 is 11.1 Å². The molecule has 52 valence electrons. The molecule has 0 aliphatic carbocycles. The van der Waals surface area contributed by atoms with Crippen molar-refractivity contribution in [1.82, 2.24) is 0 Å². The van der Waals surface area contributed by atoms with E-state index in [2.05, 4.69) is 23.5 Å². The zero-order valence-electron chi connectivity index (χ0n) is 5.72. The van der Waals surface area contributed by atoms with Crippen molar-refractivity contribution in [3.05, 3.63) is 23.8 Å². The van der Waals surface area contributed by atoms with Gasteiger partial charge in [-0.2, -0.15) is 0 Å². The van der Waals surface area contributed by atoms with Crippen LogP contribution in [0.25, 0.3) is 0 Å². The Morgan fingerprint density at radius 1 is 1.30 bits per heavy atom. The summed E-state index contributed by atoms with van der Waals surface area (Å²) in [5.74, 6) is 0. The van der Waals surface area contributed by atoms with Crippen molar-refractivity contribution >= 4 is 11.4 Å². The largest absolute Gasteiger partial charge is 0.352 e. The van der Waals surface area contributed by atoms with Crippen molar-refractivity contribution in [3.63, 3.8) is 0 Å². The van der Waals surface area contributed by atoms with Crippen LogP contribution in [0.3, 0.4) is 0 Å². The number of anilines is 2. The highest BCUT2D eigenvalue weighted by molar-refractivity contribution is 5.90. The van der Waals surface area contributed by atoms with E-state index in [-0.39, 0.29) is 0 Å². The van der Waals surface area contributed by atoms with Crippen molar-refractivity contribution < 1.29 is 0 Å². The van der Waals surface area contributed by atoms with E-state index in [4.69, 9.17) is 5.73 Å². The second kappa shape index (κ2) is 1.99. The summed E-state index contributed by atoms with van der Waals surface area (Å²) in [4.78, 5) is 0. The normalized spacial score (nSPS) is 12.1. The molecule has 0 saturated heterocycles. The summed E-state index contributed by atoms with van der Waals surface area (Å²) >= 11 is 0. The van der Waals surface area contributed by atoms with Crippen LogP contribution in [0, 0.1) is 0 Å². The first-order valence-electron chi connectivity index (χ1n) is 3.50. The first-order valence-corrected chi connectivity index (χ1v) is 3.50. The van der Waals surface area contributed by atoms with Crippen molar-refractivity contribution in [2.45, 2.75) is 6.42 Å². The molecule has 0 radical (unpaired) electrons. The number of hydrogen-bond acceptors (Lipinski definition) is 2. The second-order valence-electron chi connectivity index (χ2n) is 2.54. The van der Waals surface area contributed by atoms with Crippen LogP contribution in [-0.2, 0) is 6.42 Å². The summed E-state index contributed by atoms with van der Waals surface area (Å²) in [6.45, 7) is 0.735. The van der Waals surface area contributed by atoms with Crippen LogP contribution in [0.5, 0.6) is 0 Å². The Morgan fingerprint density at radius 2 is 2.20 bits per heavy atom. The third-order valence-electron chi connectivity index (χ3n) is 1.72. The van der Waals surface area contributed by atoms with Gasteiger partial charge in [-0.1, -0.05) is 6.07 Å². The van der Waals surface area contributed by atoms with Crippen LogP contribution in [-0.4, -0.2) is 6.54 Å². The fraction of sp³-hybridized carbons (Fsp3) is 0.250. The highest BCUT2D eigenvalue weighted by Crippen LogP contribution is 2.38. The molecule has 1 aromatic rings. The first kappa shape index (κ1) is 5.74. The van der Waals surface area contributed by atoms with Gasteiger partial charge in [-0.25, -0.2) is 0 Å². The van der Waals surface area contributed by atoms with E-state index in [1.165, 1.54) is 16.9 Å². The fourth-order valence-electron chi connectivity index (χ4n) is 1.11. The van der Waals surface area contributed by atoms with E-state index in [9.17, 15) is 0 Å². The second-order valence-corrected chi connectivity index (χ2v) is 2.54. The molecule has 3 N–H and O–H groups in total. The molecule has 0 aromatic heterocycles. The van der Waals surface area contributed by atoms with Gasteiger partial charge < -0.3 is 11.1 Å². The van der Waals surface area contributed by atoms with E-state index >= 15 is 0 Å². The Labute approximate surface area is 60.0 Å². The molecule has 10 heavy (non-hydrogen) atoms. The average molecular weight is 134 g/mol. The summed E-state index contributed by atoms with van der Waals surface area (Å²) in [5, 5.41) is 3.15. The third kappa shape index (κ3) is 0.866. The van der Waals surface area contributed by atoms with Crippen LogP contribution in [0.15, 0.2) is 18.2 Å². The number of fused-ring (bicyclic) bond motifs is 1. The lowest BCUT2D eigenvalue weighted by Gasteiger charge is -1.92. The summed E-state index contributed by atoms with van der Waals surface area (Å²) in [5.41, 5.74) is 9.27. The lowest BCUT2D eigenvalue weighted by molar-refractivity contribution is 0.971. The molecule has 1 aliphatic rings. The summed E-state index contributed by atoms with van der Waals surface area (Å²) in [7, 11) is 0. The van der Waals surface area contributed by atoms with E-state index in [0.717, 1.165) is 13.0 Å². The maximum atomic E-state index is 5.41. The number of nitrogens with one attached hydrogen (secondary N) is 1. The van der Waals surface area contributed by atoms with Gasteiger partial charge in [-0.15, -0.1) is 0 Å². The monoisotopic (exact) mass is 134 g/mol. The molecule has 1 aromatic carbocycles. The van der Waals surface area contributed by atoms with Crippen molar-refractivity contribution in [2.75, 3.05) is 11.9 Å². The van der Waals surface area contributed by atoms with Crippen LogP contribution in [0.2, 0.25) is 0 Å². The van der Waals surface area contributed by atoms with Gasteiger partial charge in [0.15, 0.2) is 0 Å². The predicted octanol–water partition coefficient (Wildman–Crippen LogP) is 1.24. The Hall–Kier alpha value is -1.02. The standard InChI is InChI=1S/C8H10N2/c9-4-3-6-1-2-7-8(5-6)10-7/h1-2,5,10H,3-4,9H2. The maximum Gasteiger partial charge on any atom is 0.0626 e. The molecule has 0 amide bonds. The summed E-state index contributed by atoms with van der Waals surface area (Å²) in [6.07, 6.45) is 0.981. The van der Waals surface area contributed by atoms with Gasteiger partial charge in [0, 0.05) is 0 Å². The SMILES string of the molecule is NCCc1ccc2c(c1)N2. The van der Waals surface area contributed by atoms with Crippen LogP contribution >= 0.6 is 0 Å². The molecule has 0 fully saturated rings. The minimum atomic E-state index is 0.735. The van der Waals surface area contributed by atoms with E-state index in [1.807, 2.05) is 0 Å². The zero-order chi connectivity index (χ0) is 6.97. The minimum absolute atomic E-state index is 0.735. The Kier molecular flexibility index (Phi) is 1.14. The van der Waals surface area contributed by atoms with Gasteiger partial charge in [0.2, 0.25) is 0 Å². The molecule has 2 nitrogen and oxygen atoms in total. The number of rotatable bonds is 2. The molecule has 0 bridgehead atoms. The molecule has 1 aliphatic heterocycles. The lowest BCUT2D eigenvalue weighted by Crippen LogP contribution is -2.01. The van der Waals surface area contributed by atoms with E-state index in [1.54, 1.807) is 0 Å². The molecule has 0 atom stereocenters. The van der Waals surface area contributed by atoms with Gasteiger partial charge in [0.25, 0.3) is 0 Å². The molecule has 0 saturated carbocycles. The smallest absolute Gasteiger partial charge is 0.0626 e. The van der Waals surface area contributed by atoms with Crippen LogP contribution in [0.1, 0.15) is 5.56 Å². The number of nitrogens with two attached hydrogens (primary N) is 1. The predicted molar refractivity (Wildman–Crippen MR) is 42.5 cm³/mol. The van der Waals surface area contributed by atoms with Crippen LogP contribution in [0.4, 0.5) is 11.4 Å². The minimum Gasteiger partial charge on any atom is -0.352 e. The molecule has 0 spiro atoms. The van der Waals surface area contributed by atoms with Gasteiger partial charge >= 0.3 is 0 Å². The lowest BCUT2D eigenvalue weighted by atomic mass is 10.2. The molecular formula is C8H10N2. The summed E-state index contributed by atoms with van der Waals surface area (Å²) < 4.78 is 0. The highest BCUT2D eigenvalue weighted by atomic mass is 15.0. The van der Waals surface area contributed by atoms with Gasteiger partial charge in [-0.3, -0.25) is 0 Å². The van der Waals surface area contributed by atoms with Crippen molar-refractivity contribution in [2.24, 2.45) is 5.73 Å². The Morgan fingerprint density at radius 3 is 2.90 bits per heavy atom. The number of hydrogen-bond donors (Lipinski definition) is 2. The number of benzene rings is 1. The van der Waals surface area contributed by atoms with E-state index in [0.29, 0.717) is 0 Å². The topological polar surface area (TPSA) is 48.0 Å². The van der Waals surface area contributed by atoms with Crippen molar-refractivity contribution in [3.8, 4) is 0 Å². The van der Waals surface area contributed by atoms with Gasteiger partial charge in [0.1, 0.15) is 0 Å². The van der Waals surface area contributed by atoms with E-state index < -0.39 is 0 Å². The molecular weight excluding hydrogens is 124 g/mol. The fourth-order valence-corrected chi connectivity index (χ4v) is 1.11. The molecule has 0 unspecified atom stereocenters. The Balaban J connectivity index is 2.22. The first-order chi connectivity index (χ1) is 4.90.